The number of rotatable bonds is 3. The van der Waals surface area contributed by atoms with Crippen molar-refractivity contribution in [3.8, 4) is 0 Å². The maximum Gasteiger partial charge on any atom is 0.228 e. The van der Waals surface area contributed by atoms with Crippen LogP contribution in [0, 0.1) is 11.8 Å². The molecule has 1 saturated carbocycles. The fraction of sp³-hybridized carbons (Fsp3) is 0.889. The van der Waals surface area contributed by atoms with E-state index in [4.69, 9.17) is 10.3 Å². The first-order valence-electron chi connectivity index (χ1n) is 5.07. The first kappa shape index (κ1) is 10.3. The second kappa shape index (κ2) is 4.08. The molecular formula is C9H14N4O2. The van der Waals surface area contributed by atoms with Crippen LogP contribution in [0.5, 0.6) is 0 Å². The van der Waals surface area contributed by atoms with Gasteiger partial charge in [-0.2, -0.15) is 0 Å². The van der Waals surface area contributed by atoms with Gasteiger partial charge in [0.15, 0.2) is 0 Å². The molecule has 1 amide bonds. The molecule has 0 spiro atoms. The highest BCUT2D eigenvalue weighted by atomic mass is 16.5. The fourth-order valence-electron chi connectivity index (χ4n) is 2.62. The second-order valence-corrected chi connectivity index (χ2v) is 4.14. The summed E-state index contributed by atoms with van der Waals surface area (Å²) in [5, 5.41) is 3.28. The van der Waals surface area contributed by atoms with Gasteiger partial charge in [-0.25, -0.2) is 0 Å². The van der Waals surface area contributed by atoms with E-state index in [1.807, 2.05) is 0 Å². The van der Waals surface area contributed by atoms with Gasteiger partial charge in [-0.1, -0.05) is 5.11 Å². The summed E-state index contributed by atoms with van der Waals surface area (Å²) in [5.41, 5.74) is 8.12. The third-order valence-electron chi connectivity index (χ3n) is 3.34. The summed E-state index contributed by atoms with van der Waals surface area (Å²) in [4.78, 5) is 15.9. The lowest BCUT2D eigenvalue weighted by atomic mass is 9.68. The summed E-state index contributed by atoms with van der Waals surface area (Å²) in [6, 6.07) is 0. The topological polar surface area (TPSA) is 78.3 Å². The van der Waals surface area contributed by atoms with E-state index in [-0.39, 0.29) is 12.5 Å². The van der Waals surface area contributed by atoms with E-state index in [2.05, 4.69) is 10.0 Å². The number of piperidine rings is 2. The number of amides is 1. The number of azide groups is 1. The molecule has 3 aliphatic rings. The van der Waals surface area contributed by atoms with E-state index in [1.165, 1.54) is 0 Å². The first-order chi connectivity index (χ1) is 7.26. The van der Waals surface area contributed by atoms with Gasteiger partial charge < -0.3 is 9.64 Å². The largest absolute Gasteiger partial charge is 0.381 e. The number of nitrogens with zero attached hydrogens (tertiary/aromatic N) is 4. The quantitative estimate of drug-likeness (QED) is 0.392. The van der Waals surface area contributed by atoms with E-state index < -0.39 is 0 Å². The van der Waals surface area contributed by atoms with E-state index in [1.54, 1.807) is 12.0 Å². The molecule has 6 heteroatoms. The number of hydrogen-bond acceptors (Lipinski definition) is 3. The molecule has 3 fully saturated rings. The molecule has 0 aromatic carbocycles. The molecule has 2 atom stereocenters. The Labute approximate surface area is 87.8 Å². The Hall–Kier alpha value is -1.26. The molecule has 2 heterocycles. The monoisotopic (exact) mass is 210 g/mol. The zero-order valence-electron chi connectivity index (χ0n) is 8.67. The SMILES string of the molecule is COC1[C@H]2C[C@H]1CN(C(=O)CN=[N+]=[N-])C2. The maximum atomic E-state index is 11.5. The van der Waals surface area contributed by atoms with Crippen LogP contribution in [0.3, 0.4) is 0 Å². The minimum atomic E-state index is -0.0722. The van der Waals surface area contributed by atoms with Crippen LogP contribution in [0.15, 0.2) is 5.11 Å². The predicted octanol–water partition coefficient (Wildman–Crippen LogP) is 0.790. The zero-order valence-corrected chi connectivity index (χ0v) is 8.67. The number of carbonyl (C=O) groups excluding carboxylic acids is 1. The molecule has 2 saturated heterocycles. The lowest BCUT2D eigenvalue weighted by Crippen LogP contribution is -2.60. The third kappa shape index (κ3) is 1.78. The Balaban J connectivity index is 1.88. The molecule has 1 aliphatic carbocycles. The molecule has 82 valence electrons. The highest BCUT2D eigenvalue weighted by Gasteiger charge is 2.47. The Morgan fingerprint density at radius 1 is 1.60 bits per heavy atom. The van der Waals surface area contributed by atoms with Gasteiger partial charge in [0.05, 0.1) is 6.10 Å². The smallest absolute Gasteiger partial charge is 0.228 e. The van der Waals surface area contributed by atoms with Gasteiger partial charge in [0.25, 0.3) is 0 Å². The van der Waals surface area contributed by atoms with Crippen molar-refractivity contribution < 1.29 is 9.53 Å². The predicted molar refractivity (Wildman–Crippen MR) is 53.0 cm³/mol. The fourth-order valence-corrected chi connectivity index (χ4v) is 2.62. The molecule has 0 radical (unpaired) electrons. The Kier molecular flexibility index (Phi) is 2.79. The van der Waals surface area contributed by atoms with Crippen LogP contribution in [0.2, 0.25) is 0 Å². The second-order valence-electron chi connectivity index (χ2n) is 4.14. The summed E-state index contributed by atoms with van der Waals surface area (Å²) in [5.74, 6) is 0.879. The number of carbonyl (C=O) groups is 1. The van der Waals surface area contributed by atoms with Gasteiger partial charge in [-0.15, -0.1) is 0 Å². The van der Waals surface area contributed by atoms with Crippen LogP contribution in [0.25, 0.3) is 10.4 Å². The molecule has 0 N–H and O–H groups in total. The van der Waals surface area contributed by atoms with Crippen molar-refractivity contribution >= 4 is 5.91 Å². The van der Waals surface area contributed by atoms with Gasteiger partial charge in [-0.3, -0.25) is 4.79 Å². The number of ether oxygens (including phenoxy) is 1. The van der Waals surface area contributed by atoms with Crippen LogP contribution in [-0.4, -0.2) is 43.7 Å². The number of fused-ring (bicyclic) bond motifs is 2. The number of methoxy groups -OCH3 is 1. The average Bonchev–Trinajstić information content (AvgIpc) is 2.26. The lowest BCUT2D eigenvalue weighted by molar-refractivity contribution is -0.154. The van der Waals surface area contributed by atoms with E-state index >= 15 is 0 Å². The van der Waals surface area contributed by atoms with Crippen molar-refractivity contribution in [2.75, 3.05) is 26.7 Å². The third-order valence-corrected chi connectivity index (χ3v) is 3.34. The highest BCUT2D eigenvalue weighted by molar-refractivity contribution is 5.78. The minimum absolute atomic E-state index is 0.0619. The van der Waals surface area contributed by atoms with Gasteiger partial charge in [0.2, 0.25) is 5.91 Å². The summed E-state index contributed by atoms with van der Waals surface area (Å²) in [7, 11) is 1.72. The van der Waals surface area contributed by atoms with Crippen LogP contribution in [0.1, 0.15) is 6.42 Å². The molecular weight excluding hydrogens is 196 g/mol. The summed E-state index contributed by atoms with van der Waals surface area (Å²) in [6.07, 6.45) is 1.48. The van der Waals surface area contributed by atoms with Crippen molar-refractivity contribution in [1.29, 1.82) is 0 Å². The van der Waals surface area contributed by atoms with Crippen molar-refractivity contribution in [3.63, 3.8) is 0 Å². The van der Waals surface area contributed by atoms with Gasteiger partial charge in [0.1, 0.15) is 6.54 Å². The first-order valence-corrected chi connectivity index (χ1v) is 5.07. The molecule has 2 bridgehead atoms. The highest BCUT2D eigenvalue weighted by Crippen LogP contribution is 2.41. The molecule has 0 unspecified atom stereocenters. The minimum Gasteiger partial charge on any atom is -0.381 e. The Morgan fingerprint density at radius 2 is 2.27 bits per heavy atom. The van der Waals surface area contributed by atoms with Crippen molar-refractivity contribution in [2.24, 2.45) is 17.0 Å². The van der Waals surface area contributed by atoms with E-state index in [0.29, 0.717) is 17.9 Å². The normalized spacial score (nSPS) is 32.9. The van der Waals surface area contributed by atoms with E-state index in [0.717, 1.165) is 19.5 Å². The molecule has 0 aromatic heterocycles. The molecule has 2 aliphatic heterocycles. The van der Waals surface area contributed by atoms with Gasteiger partial charge in [0, 0.05) is 36.9 Å². The zero-order chi connectivity index (χ0) is 10.8. The molecule has 15 heavy (non-hydrogen) atoms. The summed E-state index contributed by atoms with van der Waals surface area (Å²) < 4.78 is 5.34. The van der Waals surface area contributed by atoms with Crippen molar-refractivity contribution in [2.45, 2.75) is 12.5 Å². The van der Waals surface area contributed by atoms with Gasteiger partial charge in [-0.05, 0) is 12.0 Å². The standard InChI is InChI=1S/C9H14N4O2/c1-15-9-6-2-7(9)5-13(4-6)8(14)3-11-12-10/h6-7,9H,2-5H2,1H3/t6-,7-/m0/s1. The van der Waals surface area contributed by atoms with Crippen LogP contribution in [-0.2, 0) is 9.53 Å². The van der Waals surface area contributed by atoms with Crippen molar-refractivity contribution in [3.05, 3.63) is 10.4 Å². The van der Waals surface area contributed by atoms with Crippen LogP contribution in [0.4, 0.5) is 0 Å². The van der Waals surface area contributed by atoms with Crippen LogP contribution >= 0.6 is 0 Å². The maximum absolute atomic E-state index is 11.5. The summed E-state index contributed by atoms with van der Waals surface area (Å²) in [6.45, 7) is 1.43. The molecule has 6 nitrogen and oxygen atoms in total. The Morgan fingerprint density at radius 3 is 2.80 bits per heavy atom. The van der Waals surface area contributed by atoms with Gasteiger partial charge >= 0.3 is 0 Å². The Bertz CT molecular complexity index is 301. The van der Waals surface area contributed by atoms with Crippen LogP contribution < -0.4 is 0 Å². The number of hydrogen-bond donors (Lipinski definition) is 0. The average molecular weight is 210 g/mol. The molecule has 0 aromatic rings. The lowest BCUT2D eigenvalue weighted by Gasteiger charge is -2.52. The van der Waals surface area contributed by atoms with Crippen molar-refractivity contribution in [1.82, 2.24) is 4.90 Å². The van der Waals surface area contributed by atoms with E-state index in [9.17, 15) is 4.79 Å². The molecule has 3 rings (SSSR count). The summed E-state index contributed by atoms with van der Waals surface area (Å²) >= 11 is 0.